The van der Waals surface area contributed by atoms with Gasteiger partial charge in [-0.05, 0) is 126 Å². The zero-order chi connectivity index (χ0) is 38.6. The number of benzene rings is 5. The lowest BCUT2D eigenvalue weighted by Gasteiger charge is -2.34. The van der Waals surface area contributed by atoms with Gasteiger partial charge in [0.05, 0.1) is 11.6 Å². The van der Waals surface area contributed by atoms with Gasteiger partial charge in [-0.25, -0.2) is 0 Å². The van der Waals surface area contributed by atoms with E-state index >= 15 is 0 Å². The molecular formula is C53H49N3. The summed E-state index contributed by atoms with van der Waals surface area (Å²) in [5.41, 5.74) is 18.6. The Morgan fingerprint density at radius 1 is 0.821 bits per heavy atom. The maximum absolute atomic E-state index is 4.42. The van der Waals surface area contributed by atoms with Gasteiger partial charge in [-0.2, -0.15) is 0 Å². The SMILES string of the molecule is C=C(C)/C(=C\N=CC)c1ccc(N(c2ccc3c(c2)C(C)(C)c2ccccc2-3)C2C=CC(c3ccc4c(c3)c3c(n4-c4ccccc4)CC(C)C=C3)=CC2)cc1. The van der Waals surface area contributed by atoms with E-state index in [2.05, 4.69) is 187 Å². The molecule has 2 unspecified atom stereocenters. The summed E-state index contributed by atoms with van der Waals surface area (Å²) >= 11 is 0. The Morgan fingerprint density at radius 3 is 2.32 bits per heavy atom. The lowest BCUT2D eigenvalue weighted by atomic mass is 9.82. The number of aliphatic imine (C=N–C) groups is 1. The Kier molecular flexibility index (Phi) is 8.97. The van der Waals surface area contributed by atoms with Crippen LogP contribution in [0.2, 0.25) is 0 Å². The van der Waals surface area contributed by atoms with E-state index in [1.54, 1.807) is 0 Å². The summed E-state index contributed by atoms with van der Waals surface area (Å²) in [7, 11) is 0. The molecule has 5 aromatic carbocycles. The van der Waals surface area contributed by atoms with Crippen molar-refractivity contribution in [1.29, 1.82) is 0 Å². The second-order valence-electron chi connectivity index (χ2n) is 16.2. The van der Waals surface area contributed by atoms with Crippen molar-refractivity contribution in [2.45, 2.75) is 58.9 Å². The number of aromatic nitrogens is 1. The molecule has 276 valence electrons. The quantitative estimate of drug-likeness (QED) is 0.113. The van der Waals surface area contributed by atoms with Crippen LogP contribution in [0.15, 0.2) is 163 Å². The van der Waals surface area contributed by atoms with Gasteiger partial charge in [0, 0.05) is 57.1 Å². The van der Waals surface area contributed by atoms with Crippen molar-refractivity contribution in [3.05, 3.63) is 191 Å². The standard InChI is InChI=1S/C53H49N3/c1-7-54-34-48(35(2)3)38-20-25-42(26-21-38)55(43-27-29-45-44-15-11-12-16-49(44)53(5,6)50(45)33-43)41-23-18-37(19-24-41)39-22-30-51-47(32-39)46-28-17-36(4)31-52(46)56(51)40-13-9-8-10-14-40/h7-23,25-30,32-34,36,41H,2,24,31H2,1,3-6H3/b48-34+,54-7?. The van der Waals surface area contributed by atoms with E-state index in [9.17, 15) is 0 Å². The van der Waals surface area contributed by atoms with E-state index < -0.39 is 0 Å². The molecule has 6 aromatic rings. The average molecular weight is 728 g/mol. The summed E-state index contributed by atoms with van der Waals surface area (Å²) in [6.45, 7) is 15.3. The van der Waals surface area contributed by atoms with Crippen molar-refractivity contribution >= 4 is 45.7 Å². The molecule has 3 aliphatic rings. The first-order chi connectivity index (χ1) is 27.2. The largest absolute Gasteiger partial charge is 0.334 e. The number of fused-ring (bicyclic) bond motifs is 6. The van der Waals surface area contributed by atoms with Crippen molar-refractivity contribution in [2.24, 2.45) is 10.9 Å². The number of allylic oxidation sites excluding steroid dienone is 5. The average Bonchev–Trinajstić information content (AvgIpc) is 3.66. The smallest absolute Gasteiger partial charge is 0.0560 e. The summed E-state index contributed by atoms with van der Waals surface area (Å²) in [6, 6.07) is 42.9. The first kappa shape index (κ1) is 35.5. The van der Waals surface area contributed by atoms with Gasteiger partial charge in [-0.1, -0.05) is 124 Å². The monoisotopic (exact) mass is 727 g/mol. The fraction of sp³-hybridized carbons (Fsp3) is 0.189. The molecule has 0 aliphatic heterocycles. The van der Waals surface area contributed by atoms with Gasteiger partial charge in [-0.3, -0.25) is 4.99 Å². The molecular weight excluding hydrogens is 679 g/mol. The Hall–Kier alpha value is -6.19. The molecule has 1 aromatic heterocycles. The predicted octanol–water partition coefficient (Wildman–Crippen LogP) is 13.7. The second-order valence-corrected chi connectivity index (χ2v) is 16.2. The first-order valence-corrected chi connectivity index (χ1v) is 20.0. The van der Waals surface area contributed by atoms with Gasteiger partial charge in [0.15, 0.2) is 0 Å². The van der Waals surface area contributed by atoms with E-state index in [1.807, 2.05) is 26.3 Å². The molecule has 0 amide bonds. The molecule has 0 radical (unpaired) electrons. The van der Waals surface area contributed by atoms with Crippen LogP contribution >= 0.6 is 0 Å². The topological polar surface area (TPSA) is 20.5 Å². The van der Waals surface area contributed by atoms with Gasteiger partial charge < -0.3 is 9.47 Å². The summed E-state index contributed by atoms with van der Waals surface area (Å²) < 4.78 is 2.47. The highest BCUT2D eigenvalue weighted by atomic mass is 15.2. The van der Waals surface area contributed by atoms with Gasteiger partial charge in [-0.15, -0.1) is 0 Å². The van der Waals surface area contributed by atoms with Crippen LogP contribution < -0.4 is 4.90 Å². The van der Waals surface area contributed by atoms with Crippen LogP contribution in [-0.2, 0) is 11.8 Å². The van der Waals surface area contributed by atoms with Crippen molar-refractivity contribution in [1.82, 2.24) is 4.57 Å². The Bertz CT molecular complexity index is 2660. The van der Waals surface area contributed by atoms with Crippen molar-refractivity contribution in [3.63, 3.8) is 0 Å². The molecule has 0 fully saturated rings. The van der Waals surface area contributed by atoms with Gasteiger partial charge in [0.1, 0.15) is 0 Å². The number of anilines is 2. The van der Waals surface area contributed by atoms with E-state index in [0.29, 0.717) is 5.92 Å². The molecule has 3 aliphatic carbocycles. The van der Waals surface area contributed by atoms with Crippen LogP contribution in [0.1, 0.15) is 74.6 Å². The maximum Gasteiger partial charge on any atom is 0.0560 e. The molecule has 0 saturated heterocycles. The van der Waals surface area contributed by atoms with E-state index in [-0.39, 0.29) is 11.5 Å². The van der Waals surface area contributed by atoms with Gasteiger partial charge in [0.2, 0.25) is 0 Å². The number of hydrogen-bond acceptors (Lipinski definition) is 2. The van der Waals surface area contributed by atoms with Crippen LogP contribution in [0.5, 0.6) is 0 Å². The molecule has 1 heterocycles. The normalized spacial score (nSPS) is 18.2. The highest BCUT2D eigenvalue weighted by Crippen LogP contribution is 2.50. The molecule has 56 heavy (non-hydrogen) atoms. The highest BCUT2D eigenvalue weighted by Gasteiger charge is 2.36. The summed E-state index contributed by atoms with van der Waals surface area (Å²) in [4.78, 5) is 6.94. The van der Waals surface area contributed by atoms with Gasteiger partial charge in [0.25, 0.3) is 0 Å². The fourth-order valence-electron chi connectivity index (χ4n) is 9.21. The minimum atomic E-state index is -0.0849. The summed E-state index contributed by atoms with van der Waals surface area (Å²) in [5, 5.41) is 1.32. The lowest BCUT2D eigenvalue weighted by Crippen LogP contribution is -2.30. The van der Waals surface area contributed by atoms with Crippen LogP contribution in [0.3, 0.4) is 0 Å². The minimum Gasteiger partial charge on any atom is -0.334 e. The Balaban J connectivity index is 1.09. The van der Waals surface area contributed by atoms with E-state index in [0.717, 1.165) is 35.2 Å². The van der Waals surface area contributed by atoms with Crippen LogP contribution in [-0.4, -0.2) is 16.8 Å². The van der Waals surface area contributed by atoms with Gasteiger partial charge >= 0.3 is 0 Å². The number of para-hydroxylation sites is 1. The molecule has 9 rings (SSSR count). The van der Waals surface area contributed by atoms with E-state index in [1.165, 1.54) is 66.9 Å². The predicted molar refractivity (Wildman–Crippen MR) is 240 cm³/mol. The summed E-state index contributed by atoms with van der Waals surface area (Å²) in [6.07, 6.45) is 17.5. The lowest BCUT2D eigenvalue weighted by molar-refractivity contribution is 0.659. The van der Waals surface area contributed by atoms with Crippen molar-refractivity contribution in [3.8, 4) is 16.8 Å². The number of nitrogens with zero attached hydrogens (tertiary/aromatic N) is 3. The third kappa shape index (κ3) is 6.03. The molecule has 3 nitrogen and oxygen atoms in total. The van der Waals surface area contributed by atoms with Crippen molar-refractivity contribution in [2.75, 3.05) is 4.90 Å². The molecule has 0 N–H and O–H groups in total. The third-order valence-corrected chi connectivity index (χ3v) is 12.1. The van der Waals surface area contributed by atoms with Crippen LogP contribution in [0.4, 0.5) is 11.4 Å². The molecule has 0 bridgehead atoms. The molecule has 0 saturated carbocycles. The first-order valence-electron chi connectivity index (χ1n) is 20.0. The second kappa shape index (κ2) is 14.1. The molecule has 2 atom stereocenters. The summed E-state index contributed by atoms with van der Waals surface area (Å²) in [5.74, 6) is 0.515. The third-order valence-electron chi connectivity index (χ3n) is 12.1. The zero-order valence-corrected chi connectivity index (χ0v) is 33.1. The maximum atomic E-state index is 4.42. The Morgan fingerprint density at radius 2 is 1.57 bits per heavy atom. The minimum absolute atomic E-state index is 0.0849. The number of hydrogen-bond donors (Lipinski definition) is 0. The molecule has 0 spiro atoms. The number of rotatable bonds is 8. The van der Waals surface area contributed by atoms with Crippen LogP contribution in [0, 0.1) is 5.92 Å². The molecule has 3 heteroatoms. The van der Waals surface area contributed by atoms with Crippen LogP contribution in [0.25, 0.3) is 44.9 Å². The fourth-order valence-corrected chi connectivity index (χ4v) is 9.21. The van der Waals surface area contributed by atoms with Crippen molar-refractivity contribution < 1.29 is 0 Å². The Labute approximate surface area is 332 Å². The zero-order valence-electron chi connectivity index (χ0n) is 33.1. The van der Waals surface area contributed by atoms with E-state index in [4.69, 9.17) is 0 Å². The highest BCUT2D eigenvalue weighted by molar-refractivity contribution is 5.96.